The summed E-state index contributed by atoms with van der Waals surface area (Å²) < 4.78 is 21.9. The van der Waals surface area contributed by atoms with Gasteiger partial charge in [-0.05, 0) is 69.9 Å². The number of carbonyl (C=O) groups is 1. The van der Waals surface area contributed by atoms with Crippen LogP contribution >= 0.6 is 0 Å². The number of carbonyl (C=O) groups excluding carboxylic acids is 1. The maximum atomic E-state index is 14.9. The molecule has 0 aliphatic carbocycles. The molecule has 0 bridgehead atoms. The fourth-order valence-corrected chi connectivity index (χ4v) is 4.71. The summed E-state index contributed by atoms with van der Waals surface area (Å²) >= 11 is 0. The number of amides is 1. The van der Waals surface area contributed by atoms with Gasteiger partial charge >= 0.3 is 6.09 Å². The minimum Gasteiger partial charge on any atom is -0.444 e. The molecule has 40 heavy (non-hydrogen) atoms. The van der Waals surface area contributed by atoms with E-state index in [0.717, 1.165) is 5.39 Å². The Balaban J connectivity index is 1.27. The second-order valence-corrected chi connectivity index (χ2v) is 10.9. The number of anilines is 2. The maximum absolute atomic E-state index is 14.9. The number of pyridine rings is 2. The minimum atomic E-state index is -0.784. The first kappa shape index (κ1) is 27.5. The molecule has 5 rings (SSSR count). The average Bonchev–Trinajstić information content (AvgIpc) is 3.42. The zero-order valence-corrected chi connectivity index (χ0v) is 22.7. The standard InChI is InChI=1S/C29H33FN6O4/c1-29(2,3)40-28(39)35-11-8-18(9-12-35)27(38)24-6-4-19-16-31-26(15-25(19)32-24)33-23-7-5-21(14-22(23)30)36-13-10-20(17-37)34-36/h4-7,10,13-16,18,27,37-38H,8-9,11-12,17H2,1-3H3,(H,31,33). The Morgan fingerprint density at radius 3 is 2.62 bits per heavy atom. The molecule has 11 heteroatoms. The summed E-state index contributed by atoms with van der Waals surface area (Å²) in [6.07, 6.45) is 3.46. The smallest absolute Gasteiger partial charge is 0.410 e. The number of aromatic nitrogens is 4. The van der Waals surface area contributed by atoms with Crippen molar-refractivity contribution in [2.45, 2.75) is 51.9 Å². The Hall–Kier alpha value is -4.09. The van der Waals surface area contributed by atoms with E-state index in [4.69, 9.17) is 4.74 Å². The molecule has 10 nitrogen and oxygen atoms in total. The Morgan fingerprint density at radius 2 is 1.95 bits per heavy atom. The molecule has 0 saturated carbocycles. The van der Waals surface area contributed by atoms with E-state index < -0.39 is 17.5 Å². The summed E-state index contributed by atoms with van der Waals surface area (Å²) in [7, 11) is 0. The number of aliphatic hydroxyl groups is 2. The zero-order valence-electron chi connectivity index (χ0n) is 22.7. The van der Waals surface area contributed by atoms with Crippen LogP contribution in [0.15, 0.2) is 54.9 Å². The van der Waals surface area contributed by atoms with Crippen molar-refractivity contribution in [3.63, 3.8) is 0 Å². The van der Waals surface area contributed by atoms with Crippen molar-refractivity contribution in [2.75, 3.05) is 18.4 Å². The number of ether oxygens (including phenoxy) is 1. The summed E-state index contributed by atoms with van der Waals surface area (Å²) in [4.78, 5) is 23.1. The Bertz CT molecular complexity index is 1510. The van der Waals surface area contributed by atoms with Crippen LogP contribution in [0.25, 0.3) is 16.6 Å². The van der Waals surface area contributed by atoms with Gasteiger partial charge in [0.2, 0.25) is 0 Å². The highest BCUT2D eigenvalue weighted by Gasteiger charge is 2.31. The van der Waals surface area contributed by atoms with Crippen LogP contribution in [0.1, 0.15) is 51.1 Å². The van der Waals surface area contributed by atoms with Crippen molar-refractivity contribution in [1.82, 2.24) is 24.6 Å². The number of piperidine rings is 1. The number of benzene rings is 1. The highest BCUT2D eigenvalue weighted by Crippen LogP contribution is 2.32. The fourth-order valence-electron chi connectivity index (χ4n) is 4.71. The summed E-state index contributed by atoms with van der Waals surface area (Å²) in [5.41, 5.74) is 1.85. The first-order valence-electron chi connectivity index (χ1n) is 13.2. The van der Waals surface area contributed by atoms with Crippen LogP contribution < -0.4 is 5.32 Å². The monoisotopic (exact) mass is 548 g/mol. The van der Waals surface area contributed by atoms with Crippen LogP contribution in [0.3, 0.4) is 0 Å². The lowest BCUT2D eigenvalue weighted by atomic mass is 9.89. The molecule has 1 saturated heterocycles. The highest BCUT2D eigenvalue weighted by atomic mass is 19.1. The number of nitrogens with one attached hydrogen (secondary N) is 1. The van der Waals surface area contributed by atoms with Gasteiger partial charge in [0.15, 0.2) is 0 Å². The summed E-state index contributed by atoms with van der Waals surface area (Å²) in [6, 6.07) is 11.7. The molecule has 1 aliphatic heterocycles. The van der Waals surface area contributed by atoms with Crippen molar-refractivity contribution >= 4 is 28.5 Å². The van der Waals surface area contributed by atoms with Crippen molar-refractivity contribution in [1.29, 1.82) is 0 Å². The Kier molecular flexibility index (Phi) is 7.68. The first-order chi connectivity index (χ1) is 19.1. The van der Waals surface area contributed by atoms with E-state index in [9.17, 15) is 19.4 Å². The Morgan fingerprint density at radius 1 is 1.18 bits per heavy atom. The van der Waals surface area contributed by atoms with Gasteiger partial charge in [0.25, 0.3) is 0 Å². The van der Waals surface area contributed by atoms with Crippen LogP contribution in [0.2, 0.25) is 0 Å². The summed E-state index contributed by atoms with van der Waals surface area (Å²) in [6.45, 7) is 6.35. The number of likely N-dealkylation sites (tertiary alicyclic amines) is 1. The fraction of sp³-hybridized carbons (Fsp3) is 0.379. The molecule has 4 heterocycles. The SMILES string of the molecule is CC(C)(C)OC(=O)N1CCC(C(O)c2ccc3cnc(Nc4ccc(-n5ccc(CO)n5)cc4F)cc3n2)CC1. The number of fused-ring (bicyclic) bond motifs is 1. The van der Waals surface area contributed by atoms with Crippen LogP contribution in [-0.4, -0.2) is 59.6 Å². The van der Waals surface area contributed by atoms with Gasteiger partial charge in [-0.25, -0.2) is 23.8 Å². The van der Waals surface area contributed by atoms with E-state index in [-0.39, 0.29) is 24.3 Å². The quantitative estimate of drug-likeness (QED) is 0.312. The van der Waals surface area contributed by atoms with Crippen LogP contribution in [-0.2, 0) is 11.3 Å². The van der Waals surface area contributed by atoms with E-state index >= 15 is 0 Å². The molecule has 1 aliphatic rings. The number of rotatable bonds is 6. The number of halogens is 1. The average molecular weight is 549 g/mol. The van der Waals surface area contributed by atoms with Crippen LogP contribution in [0.4, 0.5) is 20.7 Å². The van der Waals surface area contributed by atoms with Crippen molar-refractivity contribution in [3.8, 4) is 5.69 Å². The normalized spacial score (nSPS) is 15.3. The van der Waals surface area contributed by atoms with Gasteiger partial charge in [0.1, 0.15) is 17.2 Å². The molecule has 1 fully saturated rings. The third-order valence-electron chi connectivity index (χ3n) is 6.82. The molecule has 4 aromatic rings. The molecular formula is C29H33FN6O4. The molecule has 3 aromatic heterocycles. The lowest BCUT2D eigenvalue weighted by molar-refractivity contribution is 0.00719. The van der Waals surface area contributed by atoms with Gasteiger partial charge in [0.05, 0.1) is 41.0 Å². The molecule has 1 unspecified atom stereocenters. The first-order valence-corrected chi connectivity index (χ1v) is 13.2. The molecule has 210 valence electrons. The van der Waals surface area contributed by atoms with Crippen LogP contribution in [0.5, 0.6) is 0 Å². The molecular weight excluding hydrogens is 515 g/mol. The predicted octanol–water partition coefficient (Wildman–Crippen LogP) is 4.87. The van der Waals surface area contributed by atoms with Gasteiger partial charge in [-0.1, -0.05) is 0 Å². The van der Waals surface area contributed by atoms with E-state index in [2.05, 4.69) is 20.4 Å². The van der Waals surface area contributed by atoms with E-state index in [1.807, 2.05) is 26.8 Å². The largest absolute Gasteiger partial charge is 0.444 e. The molecule has 0 spiro atoms. The molecule has 1 aromatic carbocycles. The van der Waals surface area contributed by atoms with Crippen molar-refractivity contribution in [3.05, 3.63) is 72.1 Å². The molecule has 3 N–H and O–H groups in total. The van der Waals surface area contributed by atoms with E-state index in [0.29, 0.717) is 54.3 Å². The highest BCUT2D eigenvalue weighted by molar-refractivity contribution is 5.81. The predicted molar refractivity (Wildman–Crippen MR) is 148 cm³/mol. The van der Waals surface area contributed by atoms with Gasteiger partial charge in [-0.2, -0.15) is 5.10 Å². The number of hydrogen-bond donors (Lipinski definition) is 3. The van der Waals surface area contributed by atoms with Crippen molar-refractivity contribution in [2.24, 2.45) is 5.92 Å². The topological polar surface area (TPSA) is 126 Å². The lowest BCUT2D eigenvalue weighted by Gasteiger charge is -2.35. The van der Waals surface area contributed by atoms with Gasteiger partial charge < -0.3 is 25.2 Å². The number of hydrogen-bond acceptors (Lipinski definition) is 8. The minimum absolute atomic E-state index is 0.0427. The summed E-state index contributed by atoms with van der Waals surface area (Å²) in [5, 5.41) is 28.3. The Labute approximate surface area is 231 Å². The third-order valence-corrected chi connectivity index (χ3v) is 6.82. The van der Waals surface area contributed by atoms with Crippen molar-refractivity contribution < 1.29 is 24.1 Å². The number of nitrogens with zero attached hydrogens (tertiary/aromatic N) is 5. The van der Waals surface area contributed by atoms with Crippen LogP contribution in [0, 0.1) is 11.7 Å². The van der Waals surface area contributed by atoms with Gasteiger partial charge in [-0.3, -0.25) is 0 Å². The maximum Gasteiger partial charge on any atom is 0.410 e. The van der Waals surface area contributed by atoms with E-state index in [1.54, 1.807) is 47.6 Å². The van der Waals surface area contributed by atoms with Gasteiger partial charge in [0, 0.05) is 43.0 Å². The summed E-state index contributed by atoms with van der Waals surface area (Å²) in [5.74, 6) is -0.125. The third kappa shape index (κ3) is 6.21. The van der Waals surface area contributed by atoms with E-state index in [1.165, 1.54) is 10.7 Å². The van der Waals surface area contributed by atoms with Gasteiger partial charge in [-0.15, -0.1) is 0 Å². The second kappa shape index (κ2) is 11.2. The number of aliphatic hydroxyl groups excluding tert-OH is 2. The second-order valence-electron chi connectivity index (χ2n) is 10.9. The lowest BCUT2D eigenvalue weighted by Crippen LogP contribution is -2.42. The molecule has 1 atom stereocenters. The molecule has 0 radical (unpaired) electrons. The molecule has 1 amide bonds. The zero-order chi connectivity index (χ0) is 28.4.